The van der Waals surface area contributed by atoms with Crippen LogP contribution in [0.25, 0.3) is 33.4 Å². The zero-order chi connectivity index (χ0) is 27.1. The molecule has 0 unspecified atom stereocenters. The lowest BCUT2D eigenvalue weighted by molar-refractivity contribution is 0.0996. The van der Waals surface area contributed by atoms with Crippen molar-refractivity contribution in [3.8, 4) is 22.4 Å². The quantitative estimate of drug-likeness (QED) is 0.345. The Morgan fingerprint density at radius 2 is 1.74 bits per heavy atom. The summed E-state index contributed by atoms with van der Waals surface area (Å²) >= 11 is 0. The van der Waals surface area contributed by atoms with Crippen molar-refractivity contribution >= 4 is 28.5 Å². The molecule has 2 aromatic carbocycles. The van der Waals surface area contributed by atoms with Crippen molar-refractivity contribution in [1.29, 1.82) is 0 Å². The SMILES string of the molecule is CCn1c(-c2ccc(-c3c(C)on(C)c3=O)cc2)cc2nc(C)cc(C(=O)Nc3cccc(C(N)=O)c3)c21. The Morgan fingerprint density at radius 3 is 2.37 bits per heavy atom. The first kappa shape index (κ1) is 24.8. The van der Waals surface area contributed by atoms with Gasteiger partial charge >= 0.3 is 0 Å². The smallest absolute Gasteiger partial charge is 0.290 e. The number of nitrogens with zero attached hydrogens (tertiary/aromatic N) is 3. The van der Waals surface area contributed by atoms with Gasteiger partial charge < -0.3 is 20.1 Å². The molecular formula is C29H27N5O4. The second-order valence-electron chi connectivity index (χ2n) is 9.12. The molecule has 0 atom stereocenters. The molecule has 3 N–H and O–H groups in total. The molecule has 5 aromatic rings. The molecular weight excluding hydrogens is 482 g/mol. The average Bonchev–Trinajstić information content (AvgIpc) is 3.38. The Morgan fingerprint density at radius 1 is 1.03 bits per heavy atom. The van der Waals surface area contributed by atoms with E-state index in [0.29, 0.717) is 51.4 Å². The number of fused-ring (bicyclic) bond motifs is 1. The number of benzene rings is 2. The molecule has 9 heteroatoms. The van der Waals surface area contributed by atoms with Gasteiger partial charge in [0, 0.05) is 30.5 Å². The Bertz CT molecular complexity index is 1770. The summed E-state index contributed by atoms with van der Waals surface area (Å²) in [5.41, 5.74) is 11.7. The van der Waals surface area contributed by atoms with Crippen molar-refractivity contribution in [2.45, 2.75) is 27.3 Å². The van der Waals surface area contributed by atoms with E-state index >= 15 is 0 Å². The second-order valence-corrected chi connectivity index (χ2v) is 9.12. The third kappa shape index (κ3) is 4.28. The number of hydrogen-bond donors (Lipinski definition) is 2. The fourth-order valence-electron chi connectivity index (χ4n) is 4.83. The van der Waals surface area contributed by atoms with Gasteiger partial charge in [0.25, 0.3) is 11.5 Å². The van der Waals surface area contributed by atoms with Crippen LogP contribution in [-0.4, -0.2) is 26.1 Å². The van der Waals surface area contributed by atoms with Crippen molar-refractivity contribution in [2.75, 3.05) is 5.32 Å². The predicted octanol–water partition coefficient (Wildman–Crippen LogP) is 4.65. The molecule has 0 aliphatic rings. The van der Waals surface area contributed by atoms with Crippen molar-refractivity contribution < 1.29 is 14.1 Å². The van der Waals surface area contributed by atoms with Gasteiger partial charge in [0.2, 0.25) is 5.91 Å². The Labute approximate surface area is 218 Å². The number of aromatic nitrogens is 3. The monoisotopic (exact) mass is 509 g/mol. The first-order valence-electron chi connectivity index (χ1n) is 12.2. The fraction of sp³-hybridized carbons (Fsp3) is 0.172. The van der Waals surface area contributed by atoms with Gasteiger partial charge in [-0.15, -0.1) is 0 Å². The van der Waals surface area contributed by atoms with Crippen LogP contribution in [0.15, 0.2) is 70.0 Å². The molecule has 0 spiro atoms. The van der Waals surface area contributed by atoms with E-state index in [1.165, 1.54) is 4.74 Å². The maximum Gasteiger partial charge on any atom is 0.290 e. The molecule has 0 bridgehead atoms. The van der Waals surface area contributed by atoms with Crippen molar-refractivity contribution in [3.05, 3.63) is 93.6 Å². The van der Waals surface area contributed by atoms with Crippen LogP contribution in [0.3, 0.4) is 0 Å². The summed E-state index contributed by atoms with van der Waals surface area (Å²) in [7, 11) is 1.59. The Hall–Kier alpha value is -4.92. The van der Waals surface area contributed by atoms with Crippen LogP contribution >= 0.6 is 0 Å². The highest BCUT2D eigenvalue weighted by molar-refractivity contribution is 6.12. The number of amides is 2. The van der Waals surface area contributed by atoms with Gasteiger partial charge in [-0.25, -0.2) is 0 Å². The minimum Gasteiger partial charge on any atom is -0.381 e. The van der Waals surface area contributed by atoms with Gasteiger partial charge in [-0.1, -0.05) is 30.3 Å². The van der Waals surface area contributed by atoms with E-state index in [9.17, 15) is 14.4 Å². The summed E-state index contributed by atoms with van der Waals surface area (Å²) in [6.07, 6.45) is 0. The number of nitrogens with one attached hydrogen (secondary N) is 1. The molecule has 2 amide bonds. The molecule has 5 rings (SSSR count). The molecule has 192 valence electrons. The summed E-state index contributed by atoms with van der Waals surface area (Å²) in [6, 6.07) is 17.9. The van der Waals surface area contributed by atoms with Crippen LogP contribution in [0, 0.1) is 13.8 Å². The summed E-state index contributed by atoms with van der Waals surface area (Å²) in [4.78, 5) is 42.2. The molecule has 3 heterocycles. The van der Waals surface area contributed by atoms with Crippen LogP contribution in [0.1, 0.15) is 39.1 Å². The van der Waals surface area contributed by atoms with Gasteiger partial charge in [-0.2, -0.15) is 4.74 Å². The molecule has 0 saturated heterocycles. The number of carbonyl (C=O) groups is 2. The second kappa shape index (κ2) is 9.51. The van der Waals surface area contributed by atoms with E-state index in [1.807, 2.05) is 48.7 Å². The van der Waals surface area contributed by atoms with E-state index in [2.05, 4.69) is 5.32 Å². The third-order valence-electron chi connectivity index (χ3n) is 6.54. The molecule has 9 nitrogen and oxygen atoms in total. The molecule has 0 aliphatic heterocycles. The van der Waals surface area contributed by atoms with Gasteiger partial charge in [0.1, 0.15) is 5.76 Å². The topological polar surface area (TPSA) is 125 Å². The van der Waals surface area contributed by atoms with Crippen LogP contribution in [0.2, 0.25) is 0 Å². The summed E-state index contributed by atoms with van der Waals surface area (Å²) in [6.45, 7) is 6.22. The zero-order valence-electron chi connectivity index (χ0n) is 21.5. The lowest BCUT2D eigenvalue weighted by Gasteiger charge is -2.13. The van der Waals surface area contributed by atoms with E-state index in [1.54, 1.807) is 44.3 Å². The normalized spacial score (nSPS) is 11.2. The summed E-state index contributed by atoms with van der Waals surface area (Å²) < 4.78 is 8.70. The number of primary amides is 1. The molecule has 0 radical (unpaired) electrons. The summed E-state index contributed by atoms with van der Waals surface area (Å²) in [5, 5.41) is 2.88. The number of hydrogen-bond acceptors (Lipinski definition) is 5. The fourth-order valence-corrected chi connectivity index (χ4v) is 4.83. The highest BCUT2D eigenvalue weighted by Gasteiger charge is 2.20. The van der Waals surface area contributed by atoms with E-state index < -0.39 is 5.91 Å². The van der Waals surface area contributed by atoms with Crippen LogP contribution in [-0.2, 0) is 13.6 Å². The van der Waals surface area contributed by atoms with Crippen LogP contribution in [0.4, 0.5) is 5.69 Å². The van der Waals surface area contributed by atoms with Gasteiger partial charge in [-0.3, -0.25) is 19.4 Å². The maximum absolute atomic E-state index is 13.4. The number of nitrogens with two attached hydrogens (primary N) is 1. The molecule has 0 fully saturated rings. The lowest BCUT2D eigenvalue weighted by atomic mass is 10.0. The lowest BCUT2D eigenvalue weighted by Crippen LogP contribution is -2.16. The number of pyridine rings is 1. The van der Waals surface area contributed by atoms with E-state index in [-0.39, 0.29) is 11.5 Å². The van der Waals surface area contributed by atoms with Crippen molar-refractivity contribution in [3.63, 3.8) is 0 Å². The largest absolute Gasteiger partial charge is 0.381 e. The number of rotatable bonds is 6. The third-order valence-corrected chi connectivity index (χ3v) is 6.54. The van der Waals surface area contributed by atoms with E-state index in [4.69, 9.17) is 15.2 Å². The first-order chi connectivity index (χ1) is 18.2. The highest BCUT2D eigenvalue weighted by atomic mass is 16.5. The minimum atomic E-state index is -0.568. The molecule has 0 saturated carbocycles. The van der Waals surface area contributed by atoms with Gasteiger partial charge in [0.05, 0.1) is 27.9 Å². The maximum atomic E-state index is 13.4. The number of aryl methyl sites for hydroxylation is 4. The number of carbonyl (C=O) groups excluding carboxylic acids is 2. The number of anilines is 1. The molecule has 0 aliphatic carbocycles. The Balaban J connectivity index is 1.57. The van der Waals surface area contributed by atoms with Gasteiger partial charge in [-0.05, 0) is 62.2 Å². The molecule has 38 heavy (non-hydrogen) atoms. The summed E-state index contributed by atoms with van der Waals surface area (Å²) in [5.74, 6) is -0.324. The standard InChI is InChI=1S/C29H27N5O4/c1-5-34-24(18-9-11-19(12-10-18)25-17(3)38-33(4)29(25)37)15-23-26(34)22(13-16(2)31-23)28(36)32-21-8-6-7-20(14-21)27(30)35/h6-15H,5H2,1-4H3,(H2,30,35)(H,32,36). The molecule has 3 aromatic heterocycles. The zero-order valence-corrected chi connectivity index (χ0v) is 21.5. The van der Waals surface area contributed by atoms with Crippen LogP contribution < -0.4 is 16.6 Å². The minimum absolute atomic E-state index is 0.186. The predicted molar refractivity (Wildman–Crippen MR) is 146 cm³/mol. The highest BCUT2D eigenvalue weighted by Crippen LogP contribution is 2.32. The van der Waals surface area contributed by atoms with Crippen molar-refractivity contribution in [1.82, 2.24) is 14.3 Å². The first-order valence-corrected chi connectivity index (χ1v) is 12.2. The van der Waals surface area contributed by atoms with Crippen LogP contribution in [0.5, 0.6) is 0 Å². The van der Waals surface area contributed by atoms with E-state index in [0.717, 1.165) is 16.8 Å². The van der Waals surface area contributed by atoms with Gasteiger partial charge in [0.15, 0.2) is 0 Å². The Kier molecular flexibility index (Phi) is 6.20. The van der Waals surface area contributed by atoms with Crippen molar-refractivity contribution in [2.24, 2.45) is 12.8 Å². The average molecular weight is 510 g/mol.